The summed E-state index contributed by atoms with van der Waals surface area (Å²) in [6.45, 7) is 2.36. The van der Waals surface area contributed by atoms with Crippen LogP contribution >= 0.6 is 11.6 Å². The van der Waals surface area contributed by atoms with Crippen molar-refractivity contribution in [3.63, 3.8) is 0 Å². The molecule has 1 aromatic rings. The molecule has 132 valence electrons. The fourth-order valence-corrected chi connectivity index (χ4v) is 5.36. The molecule has 3 rings (SSSR count). The van der Waals surface area contributed by atoms with Gasteiger partial charge in [0.1, 0.15) is 5.82 Å². The Morgan fingerprint density at radius 2 is 1.96 bits per heavy atom. The number of sulfone groups is 1. The first-order valence-corrected chi connectivity index (χ1v) is 10.2. The number of carbonyl (C=O) groups is 1. The molecule has 1 atom stereocenters. The minimum atomic E-state index is -2.90. The van der Waals surface area contributed by atoms with E-state index in [1.54, 1.807) is 11.0 Å². The molecule has 1 amide bonds. The van der Waals surface area contributed by atoms with Gasteiger partial charge in [0.2, 0.25) is 5.91 Å². The highest BCUT2D eigenvalue weighted by atomic mass is 35.5. The van der Waals surface area contributed by atoms with E-state index in [1.165, 1.54) is 12.1 Å². The molecule has 24 heavy (non-hydrogen) atoms. The first-order chi connectivity index (χ1) is 11.4. The van der Waals surface area contributed by atoms with Crippen LogP contribution < -0.4 is 0 Å². The molecule has 2 fully saturated rings. The summed E-state index contributed by atoms with van der Waals surface area (Å²) in [7, 11) is -2.90. The second-order valence-electron chi connectivity index (χ2n) is 6.35. The molecule has 0 radical (unpaired) electrons. The molecule has 2 aliphatic rings. The summed E-state index contributed by atoms with van der Waals surface area (Å²) in [6.07, 6.45) is 0.616. The van der Waals surface area contributed by atoms with E-state index >= 15 is 0 Å². The van der Waals surface area contributed by atoms with Crippen molar-refractivity contribution in [3.05, 3.63) is 34.6 Å². The lowest BCUT2D eigenvalue weighted by atomic mass is 10.1. The Kier molecular flexibility index (Phi) is 5.13. The molecule has 0 spiro atoms. The Bertz CT molecular complexity index is 713. The van der Waals surface area contributed by atoms with Crippen molar-refractivity contribution < 1.29 is 17.6 Å². The molecule has 0 N–H and O–H groups in total. The lowest BCUT2D eigenvalue weighted by Crippen LogP contribution is -2.52. The maximum Gasteiger partial charge on any atom is 0.227 e. The zero-order chi connectivity index (χ0) is 17.3. The van der Waals surface area contributed by atoms with Crippen LogP contribution in [-0.2, 0) is 21.1 Å². The first-order valence-electron chi connectivity index (χ1n) is 8.01. The summed E-state index contributed by atoms with van der Waals surface area (Å²) in [5.41, 5.74) is 0.230. The lowest BCUT2D eigenvalue weighted by Gasteiger charge is -2.37. The fourth-order valence-electron chi connectivity index (χ4n) is 3.36. The molecule has 1 aromatic carbocycles. The van der Waals surface area contributed by atoms with Crippen LogP contribution in [0.1, 0.15) is 12.0 Å². The number of piperazine rings is 1. The summed E-state index contributed by atoms with van der Waals surface area (Å²) >= 11 is 5.97. The van der Waals surface area contributed by atoms with Crippen LogP contribution in [0.5, 0.6) is 0 Å². The van der Waals surface area contributed by atoms with Gasteiger partial charge in [-0.15, -0.1) is 0 Å². The Balaban J connectivity index is 1.56. The molecule has 0 aromatic heterocycles. The van der Waals surface area contributed by atoms with Gasteiger partial charge in [-0.2, -0.15) is 0 Å². The van der Waals surface area contributed by atoms with E-state index in [0.29, 0.717) is 32.6 Å². The minimum Gasteiger partial charge on any atom is -0.340 e. The SMILES string of the molecule is O=C(Cc1c(F)cccc1Cl)N1CCN(C2CCS(=O)(=O)C2)CC1. The average molecular weight is 375 g/mol. The second kappa shape index (κ2) is 6.98. The van der Waals surface area contributed by atoms with E-state index in [4.69, 9.17) is 11.6 Å². The highest BCUT2D eigenvalue weighted by Gasteiger charge is 2.34. The van der Waals surface area contributed by atoms with Crippen LogP contribution in [0.15, 0.2) is 18.2 Å². The van der Waals surface area contributed by atoms with Crippen molar-refractivity contribution in [2.45, 2.75) is 18.9 Å². The van der Waals surface area contributed by atoms with Crippen LogP contribution in [-0.4, -0.2) is 67.9 Å². The van der Waals surface area contributed by atoms with Gasteiger partial charge in [0.15, 0.2) is 9.84 Å². The van der Waals surface area contributed by atoms with Crippen LogP contribution in [0.4, 0.5) is 4.39 Å². The second-order valence-corrected chi connectivity index (χ2v) is 8.99. The molecular formula is C16H20ClFN2O3S. The molecule has 2 saturated heterocycles. The van der Waals surface area contributed by atoms with Crippen molar-refractivity contribution in [1.29, 1.82) is 0 Å². The zero-order valence-electron chi connectivity index (χ0n) is 13.2. The van der Waals surface area contributed by atoms with Crippen molar-refractivity contribution in [3.8, 4) is 0 Å². The zero-order valence-corrected chi connectivity index (χ0v) is 14.8. The van der Waals surface area contributed by atoms with Crippen LogP contribution in [0, 0.1) is 5.82 Å². The number of rotatable bonds is 3. The van der Waals surface area contributed by atoms with Gasteiger partial charge in [-0.05, 0) is 18.6 Å². The minimum absolute atomic E-state index is 0.0523. The molecule has 8 heteroatoms. The number of hydrogen-bond donors (Lipinski definition) is 0. The maximum absolute atomic E-state index is 13.8. The number of carbonyl (C=O) groups excluding carboxylic acids is 1. The fraction of sp³-hybridized carbons (Fsp3) is 0.562. The molecule has 0 saturated carbocycles. The van der Waals surface area contributed by atoms with Gasteiger partial charge >= 0.3 is 0 Å². The largest absolute Gasteiger partial charge is 0.340 e. The molecular weight excluding hydrogens is 355 g/mol. The number of benzene rings is 1. The predicted molar refractivity (Wildman–Crippen MR) is 90.3 cm³/mol. The summed E-state index contributed by atoms with van der Waals surface area (Å²) in [4.78, 5) is 16.2. The van der Waals surface area contributed by atoms with Crippen LogP contribution in [0.3, 0.4) is 0 Å². The first kappa shape index (κ1) is 17.6. The van der Waals surface area contributed by atoms with Crippen molar-refractivity contribution in [2.24, 2.45) is 0 Å². The quantitative estimate of drug-likeness (QED) is 0.801. The van der Waals surface area contributed by atoms with Gasteiger partial charge in [-0.3, -0.25) is 9.69 Å². The number of amides is 1. The van der Waals surface area contributed by atoms with Crippen molar-refractivity contribution in [1.82, 2.24) is 9.80 Å². The van der Waals surface area contributed by atoms with Crippen molar-refractivity contribution >= 4 is 27.3 Å². The number of nitrogens with zero attached hydrogens (tertiary/aromatic N) is 2. The topological polar surface area (TPSA) is 57.7 Å². The van der Waals surface area contributed by atoms with E-state index in [1.807, 2.05) is 0 Å². The van der Waals surface area contributed by atoms with Gasteiger partial charge in [0, 0.05) is 42.8 Å². The van der Waals surface area contributed by atoms with E-state index in [2.05, 4.69) is 4.90 Å². The molecule has 2 heterocycles. The van der Waals surface area contributed by atoms with Gasteiger partial charge in [0.05, 0.1) is 17.9 Å². The van der Waals surface area contributed by atoms with E-state index in [0.717, 1.165) is 0 Å². The maximum atomic E-state index is 13.8. The van der Waals surface area contributed by atoms with Crippen molar-refractivity contribution in [2.75, 3.05) is 37.7 Å². The smallest absolute Gasteiger partial charge is 0.227 e. The third-order valence-electron chi connectivity index (χ3n) is 4.78. The Morgan fingerprint density at radius 1 is 1.25 bits per heavy atom. The summed E-state index contributed by atoms with van der Waals surface area (Å²) < 4.78 is 37.0. The molecule has 2 aliphatic heterocycles. The Labute approximate surface area is 146 Å². The summed E-state index contributed by atoms with van der Waals surface area (Å²) in [5.74, 6) is -0.152. The van der Waals surface area contributed by atoms with Crippen LogP contribution in [0.2, 0.25) is 5.02 Å². The van der Waals surface area contributed by atoms with E-state index in [-0.39, 0.29) is 40.5 Å². The molecule has 0 bridgehead atoms. The standard InChI is InChI=1S/C16H20ClFN2O3S/c17-14-2-1-3-15(18)13(14)10-16(21)20-7-5-19(6-8-20)12-4-9-24(22,23)11-12/h1-3,12H,4-11H2. The van der Waals surface area contributed by atoms with Gasteiger partial charge in [-0.25, -0.2) is 12.8 Å². The monoisotopic (exact) mass is 374 g/mol. The molecule has 5 nitrogen and oxygen atoms in total. The average Bonchev–Trinajstić information content (AvgIpc) is 2.91. The van der Waals surface area contributed by atoms with Crippen LogP contribution in [0.25, 0.3) is 0 Å². The Hall–Kier alpha value is -1.18. The van der Waals surface area contributed by atoms with Gasteiger partial charge in [0.25, 0.3) is 0 Å². The number of halogens is 2. The normalized spacial score (nSPS) is 24.2. The van der Waals surface area contributed by atoms with Gasteiger partial charge < -0.3 is 4.90 Å². The third-order valence-corrected chi connectivity index (χ3v) is 6.89. The third kappa shape index (κ3) is 3.90. The van der Waals surface area contributed by atoms with E-state index < -0.39 is 15.7 Å². The Morgan fingerprint density at radius 3 is 2.54 bits per heavy atom. The predicted octanol–water partition coefficient (Wildman–Crippen LogP) is 1.35. The highest BCUT2D eigenvalue weighted by molar-refractivity contribution is 7.91. The summed E-state index contributed by atoms with van der Waals surface area (Å²) in [6, 6.07) is 4.45. The number of hydrogen-bond acceptors (Lipinski definition) is 4. The molecule has 1 unspecified atom stereocenters. The molecule has 0 aliphatic carbocycles. The van der Waals surface area contributed by atoms with E-state index in [9.17, 15) is 17.6 Å². The highest BCUT2D eigenvalue weighted by Crippen LogP contribution is 2.22. The summed E-state index contributed by atoms with van der Waals surface area (Å²) in [5, 5.41) is 0.262. The lowest BCUT2D eigenvalue weighted by molar-refractivity contribution is -0.132. The van der Waals surface area contributed by atoms with Gasteiger partial charge in [-0.1, -0.05) is 17.7 Å².